The van der Waals surface area contributed by atoms with Crippen LogP contribution >= 0.6 is 0 Å². The molecule has 0 bridgehead atoms. The number of nitrogens with one attached hydrogen (secondary N) is 1. The molecule has 0 atom stereocenters. The Morgan fingerprint density at radius 1 is 1.07 bits per heavy atom. The molecule has 0 saturated carbocycles. The molecule has 1 amide bonds. The highest BCUT2D eigenvalue weighted by atomic mass is 32.2. The summed E-state index contributed by atoms with van der Waals surface area (Å²) in [6, 6.07) is 16.4. The van der Waals surface area contributed by atoms with Crippen molar-refractivity contribution in [3.63, 3.8) is 0 Å². The predicted molar refractivity (Wildman–Crippen MR) is 113 cm³/mol. The lowest BCUT2D eigenvalue weighted by molar-refractivity contribution is -0.114. The Morgan fingerprint density at radius 3 is 2.50 bits per heavy atom. The predicted octanol–water partition coefficient (Wildman–Crippen LogP) is 3.76. The maximum atomic E-state index is 12.7. The number of fused-ring (bicyclic) bond motifs is 1. The molecular formula is C21H23N3O3S. The van der Waals surface area contributed by atoms with Crippen LogP contribution in [0.5, 0.6) is 0 Å². The van der Waals surface area contributed by atoms with Crippen molar-refractivity contribution < 1.29 is 13.2 Å². The third-order valence-corrected chi connectivity index (χ3v) is 5.55. The highest BCUT2D eigenvalue weighted by Crippen LogP contribution is 2.27. The molecule has 0 spiro atoms. The summed E-state index contributed by atoms with van der Waals surface area (Å²) >= 11 is 0. The van der Waals surface area contributed by atoms with E-state index in [0.29, 0.717) is 16.9 Å². The van der Waals surface area contributed by atoms with E-state index in [1.807, 2.05) is 50.2 Å². The summed E-state index contributed by atoms with van der Waals surface area (Å²) in [5, 5.41) is 3.65. The van der Waals surface area contributed by atoms with Crippen LogP contribution in [0.25, 0.3) is 10.9 Å². The summed E-state index contributed by atoms with van der Waals surface area (Å²) < 4.78 is 26.0. The first kappa shape index (κ1) is 19.8. The average Bonchev–Trinajstić information content (AvgIpc) is 2.65. The second kappa shape index (κ2) is 7.98. The fraction of sp³-hybridized carbons (Fsp3) is 0.238. The van der Waals surface area contributed by atoms with Crippen molar-refractivity contribution in [2.24, 2.45) is 0 Å². The Balaban J connectivity index is 1.94. The van der Waals surface area contributed by atoms with Crippen LogP contribution in [0.15, 0.2) is 60.8 Å². The number of carbonyl (C=O) groups excluding carboxylic acids is 1. The van der Waals surface area contributed by atoms with Crippen molar-refractivity contribution >= 4 is 38.2 Å². The molecule has 6 nitrogen and oxygen atoms in total. The Labute approximate surface area is 165 Å². The van der Waals surface area contributed by atoms with E-state index >= 15 is 0 Å². The van der Waals surface area contributed by atoms with Gasteiger partial charge in [0.2, 0.25) is 15.9 Å². The van der Waals surface area contributed by atoms with E-state index in [-0.39, 0.29) is 12.5 Å². The first-order chi connectivity index (χ1) is 13.3. The molecule has 0 fully saturated rings. The van der Waals surface area contributed by atoms with Crippen LogP contribution in [0.3, 0.4) is 0 Å². The van der Waals surface area contributed by atoms with Crippen LogP contribution in [-0.2, 0) is 14.8 Å². The van der Waals surface area contributed by atoms with Crippen molar-refractivity contribution in [3.8, 4) is 0 Å². The Bertz CT molecular complexity index is 1110. The molecule has 0 unspecified atom stereocenters. The monoisotopic (exact) mass is 397 g/mol. The number of benzene rings is 2. The summed E-state index contributed by atoms with van der Waals surface area (Å²) in [6.45, 7) is 3.74. The van der Waals surface area contributed by atoms with Gasteiger partial charge in [-0.15, -0.1) is 0 Å². The van der Waals surface area contributed by atoms with Crippen molar-refractivity contribution in [3.05, 3.63) is 66.4 Å². The van der Waals surface area contributed by atoms with Crippen LogP contribution in [0.1, 0.15) is 25.3 Å². The van der Waals surface area contributed by atoms with Gasteiger partial charge in [-0.2, -0.15) is 0 Å². The van der Waals surface area contributed by atoms with Gasteiger partial charge in [0.1, 0.15) is 6.54 Å². The Morgan fingerprint density at radius 2 is 1.79 bits per heavy atom. The number of para-hydroxylation sites is 2. The molecule has 28 heavy (non-hydrogen) atoms. The van der Waals surface area contributed by atoms with E-state index in [1.165, 1.54) is 0 Å². The molecule has 0 aliphatic heterocycles. The van der Waals surface area contributed by atoms with Gasteiger partial charge in [0.05, 0.1) is 17.5 Å². The average molecular weight is 398 g/mol. The van der Waals surface area contributed by atoms with Crippen molar-refractivity contribution in [1.29, 1.82) is 0 Å². The molecule has 1 aromatic heterocycles. The molecule has 3 rings (SSSR count). The van der Waals surface area contributed by atoms with Gasteiger partial charge in [-0.05, 0) is 29.7 Å². The second-order valence-corrected chi connectivity index (χ2v) is 8.82. The first-order valence-electron chi connectivity index (χ1n) is 8.97. The third kappa shape index (κ3) is 4.31. The van der Waals surface area contributed by atoms with Gasteiger partial charge < -0.3 is 5.32 Å². The lowest BCUT2D eigenvalue weighted by Crippen LogP contribution is -2.37. The maximum absolute atomic E-state index is 12.7. The normalized spacial score (nSPS) is 11.6. The SMILES string of the molecule is CC(C)c1ccccc1NC(=O)CN(c1cccc2cccnc12)S(C)(=O)=O. The highest BCUT2D eigenvalue weighted by molar-refractivity contribution is 7.92. The molecule has 0 radical (unpaired) electrons. The van der Waals surface area contributed by atoms with Crippen LogP contribution in [0.4, 0.5) is 11.4 Å². The lowest BCUT2D eigenvalue weighted by atomic mass is 10.0. The van der Waals surface area contributed by atoms with Gasteiger partial charge in [-0.1, -0.05) is 50.2 Å². The number of carbonyl (C=O) groups is 1. The molecule has 2 aromatic carbocycles. The summed E-state index contributed by atoms with van der Waals surface area (Å²) in [5.74, 6) is -0.184. The van der Waals surface area contributed by atoms with Gasteiger partial charge in [0.15, 0.2) is 0 Å². The zero-order valence-corrected chi connectivity index (χ0v) is 16.9. The number of nitrogens with zero attached hydrogens (tertiary/aromatic N) is 2. The summed E-state index contributed by atoms with van der Waals surface area (Å²) in [5.41, 5.74) is 2.60. The van der Waals surface area contributed by atoms with Gasteiger partial charge in [0.25, 0.3) is 0 Å². The molecule has 146 valence electrons. The number of amides is 1. The molecule has 1 N–H and O–H groups in total. The minimum absolute atomic E-state index is 0.227. The van der Waals surface area contributed by atoms with E-state index in [9.17, 15) is 13.2 Å². The van der Waals surface area contributed by atoms with Crippen LogP contribution < -0.4 is 9.62 Å². The smallest absolute Gasteiger partial charge is 0.245 e. The zero-order valence-electron chi connectivity index (χ0n) is 16.1. The maximum Gasteiger partial charge on any atom is 0.245 e. The third-order valence-electron chi connectivity index (χ3n) is 4.42. The number of pyridine rings is 1. The van der Waals surface area contributed by atoms with E-state index in [4.69, 9.17) is 0 Å². The molecular weight excluding hydrogens is 374 g/mol. The number of hydrogen-bond acceptors (Lipinski definition) is 4. The molecule has 0 aliphatic carbocycles. The van der Waals surface area contributed by atoms with E-state index < -0.39 is 15.9 Å². The Hall–Kier alpha value is -2.93. The fourth-order valence-electron chi connectivity index (χ4n) is 3.10. The van der Waals surface area contributed by atoms with Gasteiger partial charge >= 0.3 is 0 Å². The topological polar surface area (TPSA) is 79.4 Å². The van der Waals surface area contributed by atoms with Gasteiger partial charge in [-0.25, -0.2) is 8.42 Å². The summed E-state index contributed by atoms with van der Waals surface area (Å²) in [6.07, 6.45) is 2.69. The first-order valence-corrected chi connectivity index (χ1v) is 10.8. The Kier molecular flexibility index (Phi) is 5.65. The number of rotatable bonds is 6. The van der Waals surface area contributed by atoms with E-state index in [1.54, 1.807) is 24.4 Å². The molecule has 7 heteroatoms. The number of sulfonamides is 1. The molecule has 3 aromatic rings. The lowest BCUT2D eigenvalue weighted by Gasteiger charge is -2.23. The number of aromatic nitrogens is 1. The van der Waals surface area contributed by atoms with Crippen molar-refractivity contribution in [2.75, 3.05) is 22.4 Å². The van der Waals surface area contributed by atoms with Crippen LogP contribution in [0, 0.1) is 0 Å². The standard InChI is InChI=1S/C21H23N3O3S/c1-15(2)17-10-4-5-11-18(17)23-20(25)14-24(28(3,26)27)19-12-6-8-16-9-7-13-22-21(16)19/h4-13,15H,14H2,1-3H3,(H,23,25). The summed E-state index contributed by atoms with van der Waals surface area (Å²) in [4.78, 5) is 17.0. The highest BCUT2D eigenvalue weighted by Gasteiger charge is 2.23. The second-order valence-electron chi connectivity index (χ2n) is 6.91. The number of hydrogen-bond donors (Lipinski definition) is 1. The van der Waals surface area contributed by atoms with Crippen LogP contribution in [0.2, 0.25) is 0 Å². The van der Waals surface area contributed by atoms with Crippen LogP contribution in [-0.4, -0.2) is 32.1 Å². The van der Waals surface area contributed by atoms with Gasteiger partial charge in [-0.3, -0.25) is 14.1 Å². The van der Waals surface area contributed by atoms with Crippen molar-refractivity contribution in [2.45, 2.75) is 19.8 Å². The largest absolute Gasteiger partial charge is 0.324 e. The minimum Gasteiger partial charge on any atom is -0.324 e. The van der Waals surface area contributed by atoms with E-state index in [2.05, 4.69) is 10.3 Å². The quantitative estimate of drug-likeness (QED) is 0.687. The fourth-order valence-corrected chi connectivity index (χ4v) is 3.96. The van der Waals surface area contributed by atoms with E-state index in [0.717, 1.165) is 21.5 Å². The molecule has 0 saturated heterocycles. The zero-order chi connectivity index (χ0) is 20.3. The summed E-state index contributed by atoms with van der Waals surface area (Å²) in [7, 11) is -3.69. The number of anilines is 2. The molecule has 1 heterocycles. The van der Waals surface area contributed by atoms with Gasteiger partial charge in [0, 0.05) is 17.3 Å². The minimum atomic E-state index is -3.69. The molecule has 0 aliphatic rings. The van der Waals surface area contributed by atoms with Crippen molar-refractivity contribution in [1.82, 2.24) is 4.98 Å².